The minimum Gasteiger partial charge on any atom is -0.544 e. The molecule has 0 fully saturated rings. The molecule has 8 nitrogen and oxygen atoms in total. The van der Waals surface area contributed by atoms with E-state index in [1.807, 2.05) is 0 Å². The highest BCUT2D eigenvalue weighted by molar-refractivity contribution is 5.70. The summed E-state index contributed by atoms with van der Waals surface area (Å²) in [7, 11) is 5.40. The number of hydrogen-bond acceptors (Lipinski definition) is 7. The summed E-state index contributed by atoms with van der Waals surface area (Å²) in [6.45, 7) is 4.62. The van der Waals surface area contributed by atoms with Gasteiger partial charge in [-0.15, -0.1) is 0 Å². The second kappa shape index (κ2) is 36.1. The Hall–Kier alpha value is -1.93. The fourth-order valence-electron chi connectivity index (χ4n) is 6.49. The Kier molecular flexibility index (Phi) is 34.7. The van der Waals surface area contributed by atoms with Crippen molar-refractivity contribution in [3.63, 3.8) is 0 Å². The number of nitrogens with zero attached hydrogens (tertiary/aromatic N) is 1. The second-order valence-electron chi connectivity index (χ2n) is 15.9. The van der Waals surface area contributed by atoms with Crippen molar-refractivity contribution in [3.05, 3.63) is 12.2 Å². The summed E-state index contributed by atoms with van der Waals surface area (Å²) in [6, 6.07) is -0.724. The molecule has 0 radical (unpaired) electrons. The summed E-state index contributed by atoms with van der Waals surface area (Å²) in [5, 5.41) is 11.6. The first-order valence-corrected chi connectivity index (χ1v) is 21.7. The smallest absolute Gasteiger partial charge is 0.306 e. The van der Waals surface area contributed by atoms with Crippen molar-refractivity contribution in [1.82, 2.24) is 0 Å². The van der Waals surface area contributed by atoms with Gasteiger partial charge >= 0.3 is 11.9 Å². The van der Waals surface area contributed by atoms with Gasteiger partial charge in [-0.1, -0.05) is 161 Å². The zero-order chi connectivity index (χ0) is 38.5. The van der Waals surface area contributed by atoms with E-state index in [0.29, 0.717) is 19.3 Å². The van der Waals surface area contributed by atoms with Crippen molar-refractivity contribution in [2.45, 2.75) is 212 Å². The number of unbranched alkanes of at least 4 members (excludes halogenated alkanes) is 23. The predicted molar refractivity (Wildman–Crippen MR) is 213 cm³/mol. The van der Waals surface area contributed by atoms with Crippen LogP contribution in [0.25, 0.3) is 0 Å². The van der Waals surface area contributed by atoms with Crippen LogP contribution in [0.1, 0.15) is 200 Å². The lowest BCUT2D eigenvalue weighted by Crippen LogP contribution is -2.55. The van der Waals surface area contributed by atoms with Crippen LogP contribution in [0, 0.1) is 0 Å². The molecule has 0 aliphatic heterocycles. The van der Waals surface area contributed by atoms with Crippen LogP contribution in [0.4, 0.5) is 0 Å². The lowest BCUT2D eigenvalue weighted by molar-refractivity contribution is -0.889. The zero-order valence-electron chi connectivity index (χ0n) is 34.7. The maximum atomic E-state index is 12.7. The molecule has 0 aliphatic carbocycles. The molecule has 0 amide bonds. The van der Waals surface area contributed by atoms with Gasteiger partial charge in [0.2, 0.25) is 0 Å². The lowest BCUT2D eigenvalue weighted by Gasteiger charge is -2.34. The largest absolute Gasteiger partial charge is 0.544 e. The van der Waals surface area contributed by atoms with E-state index in [-0.39, 0.29) is 42.7 Å². The van der Waals surface area contributed by atoms with Crippen LogP contribution in [0.15, 0.2) is 12.2 Å². The van der Waals surface area contributed by atoms with Crippen molar-refractivity contribution >= 4 is 17.9 Å². The quantitative estimate of drug-likeness (QED) is 0.0268. The molecule has 0 N–H and O–H groups in total. The van der Waals surface area contributed by atoms with E-state index in [2.05, 4.69) is 26.0 Å². The third-order valence-electron chi connectivity index (χ3n) is 9.90. The van der Waals surface area contributed by atoms with Gasteiger partial charge in [0.25, 0.3) is 0 Å². The van der Waals surface area contributed by atoms with Gasteiger partial charge in [0.1, 0.15) is 12.6 Å². The van der Waals surface area contributed by atoms with Gasteiger partial charge in [-0.05, 0) is 32.1 Å². The fourth-order valence-corrected chi connectivity index (χ4v) is 6.49. The van der Waals surface area contributed by atoms with E-state index in [4.69, 9.17) is 14.2 Å². The standard InChI is InChI=1S/C44H83NO7/c1-6-8-10-12-14-16-17-18-19-20-21-22-23-24-25-27-29-31-33-35-43(47)52-40(38-50-37-36-41(44(48)49)45(3,4)5)39-51-42(46)34-32-30-28-26-15-13-11-9-7-2/h26,28,40-41H,6-25,27,29-39H2,1-5H3/b28-26+. The topological polar surface area (TPSA) is 102 Å². The molecule has 0 bridgehead atoms. The number of ether oxygens (including phenoxy) is 3. The first kappa shape index (κ1) is 50.1. The van der Waals surface area contributed by atoms with Gasteiger partial charge < -0.3 is 28.6 Å². The summed E-state index contributed by atoms with van der Waals surface area (Å²) >= 11 is 0. The van der Waals surface area contributed by atoms with Crippen LogP contribution < -0.4 is 5.11 Å². The number of rotatable bonds is 39. The van der Waals surface area contributed by atoms with Crippen molar-refractivity contribution in [3.8, 4) is 0 Å². The van der Waals surface area contributed by atoms with Gasteiger partial charge in [0.15, 0.2) is 6.10 Å². The highest BCUT2D eigenvalue weighted by Gasteiger charge is 2.25. The highest BCUT2D eigenvalue weighted by Crippen LogP contribution is 2.16. The van der Waals surface area contributed by atoms with Gasteiger partial charge in [0.05, 0.1) is 40.3 Å². The number of aliphatic carboxylic acids is 1. The molecule has 0 aliphatic rings. The number of esters is 2. The Morgan fingerprint density at radius 1 is 0.558 bits per heavy atom. The van der Waals surface area contributed by atoms with Crippen molar-refractivity contribution in [2.24, 2.45) is 0 Å². The average Bonchev–Trinajstić information content (AvgIpc) is 3.09. The third-order valence-corrected chi connectivity index (χ3v) is 9.90. The lowest BCUT2D eigenvalue weighted by atomic mass is 10.0. The van der Waals surface area contributed by atoms with E-state index in [1.54, 1.807) is 21.1 Å². The van der Waals surface area contributed by atoms with Gasteiger partial charge in [-0.25, -0.2) is 0 Å². The molecule has 0 spiro atoms. The van der Waals surface area contributed by atoms with E-state index in [0.717, 1.165) is 32.1 Å². The monoisotopic (exact) mass is 738 g/mol. The molecule has 0 saturated carbocycles. The summed E-state index contributed by atoms with van der Waals surface area (Å²) in [5.41, 5.74) is 0. The van der Waals surface area contributed by atoms with Crippen LogP contribution >= 0.6 is 0 Å². The first-order chi connectivity index (χ1) is 25.1. The molecule has 0 rings (SSSR count). The Bertz CT molecular complexity index is 869. The second-order valence-corrected chi connectivity index (χ2v) is 15.9. The predicted octanol–water partition coefficient (Wildman–Crippen LogP) is 10.2. The summed E-state index contributed by atoms with van der Waals surface area (Å²) in [5.74, 6) is -1.77. The van der Waals surface area contributed by atoms with E-state index in [9.17, 15) is 19.5 Å². The van der Waals surface area contributed by atoms with E-state index < -0.39 is 18.1 Å². The van der Waals surface area contributed by atoms with Crippen molar-refractivity contribution < 1.29 is 38.2 Å². The fraction of sp³-hybridized carbons (Fsp3) is 0.886. The molecule has 2 unspecified atom stereocenters. The number of carbonyl (C=O) groups is 3. The van der Waals surface area contributed by atoms with Crippen LogP contribution in [0.5, 0.6) is 0 Å². The minimum atomic E-state index is -1.13. The average molecular weight is 738 g/mol. The molecule has 0 saturated heterocycles. The number of allylic oxidation sites excluding steroid dienone is 2. The Morgan fingerprint density at radius 3 is 1.44 bits per heavy atom. The van der Waals surface area contributed by atoms with Crippen molar-refractivity contribution in [1.29, 1.82) is 0 Å². The summed E-state index contributed by atoms with van der Waals surface area (Å²) in [4.78, 5) is 36.7. The van der Waals surface area contributed by atoms with Gasteiger partial charge in [-0.3, -0.25) is 9.59 Å². The number of likely N-dealkylation sites (N-methyl/N-ethyl adjacent to an activating group) is 1. The molecule has 0 heterocycles. The normalized spacial score (nSPS) is 13.0. The number of carboxylic acid groups (broad SMARTS) is 1. The molecule has 0 aromatic carbocycles. The molecular formula is C44H83NO7. The number of quaternary nitrogens is 1. The van der Waals surface area contributed by atoms with E-state index in [1.165, 1.54) is 128 Å². The summed E-state index contributed by atoms with van der Waals surface area (Å²) < 4.78 is 17.1. The minimum absolute atomic E-state index is 0.0376. The zero-order valence-corrected chi connectivity index (χ0v) is 34.7. The Morgan fingerprint density at radius 2 is 0.981 bits per heavy atom. The maximum absolute atomic E-state index is 12.7. The van der Waals surface area contributed by atoms with Crippen molar-refractivity contribution in [2.75, 3.05) is 41.0 Å². The van der Waals surface area contributed by atoms with Crippen LogP contribution in [0.2, 0.25) is 0 Å². The Labute approximate surface area is 320 Å². The summed E-state index contributed by atoms with van der Waals surface area (Å²) in [6.07, 6.45) is 36.8. The first-order valence-electron chi connectivity index (χ1n) is 21.7. The molecular weight excluding hydrogens is 654 g/mol. The highest BCUT2D eigenvalue weighted by atomic mass is 16.6. The molecule has 8 heteroatoms. The SMILES string of the molecule is CCCCCC/C=C/CCCC(=O)OCC(COCCC(C(=O)[O-])[N+](C)(C)C)OC(=O)CCCCCCCCCCCCCCCCCCCCC. The van der Waals surface area contributed by atoms with E-state index >= 15 is 0 Å². The molecule has 0 aromatic heterocycles. The maximum Gasteiger partial charge on any atom is 0.306 e. The van der Waals surface area contributed by atoms with Gasteiger partial charge in [0, 0.05) is 19.3 Å². The Balaban J connectivity index is 4.25. The number of hydrogen-bond donors (Lipinski definition) is 0. The van der Waals surface area contributed by atoms with Gasteiger partial charge in [-0.2, -0.15) is 0 Å². The molecule has 2 atom stereocenters. The van der Waals surface area contributed by atoms with Crippen LogP contribution in [0.3, 0.4) is 0 Å². The molecule has 0 aromatic rings. The number of carbonyl (C=O) groups excluding carboxylic acids is 3. The number of carboxylic acids is 1. The molecule has 306 valence electrons. The molecule has 52 heavy (non-hydrogen) atoms. The van der Waals surface area contributed by atoms with Crippen LogP contribution in [-0.2, 0) is 28.6 Å². The van der Waals surface area contributed by atoms with Crippen LogP contribution in [-0.4, -0.2) is 75.5 Å². The third kappa shape index (κ3) is 33.9.